The van der Waals surface area contributed by atoms with E-state index in [9.17, 15) is 48.3 Å². The average molecular weight is 1010 g/mol. The molecule has 2 rings (SSSR count). The Kier molecular flexibility index (Phi) is 23.4. The molecule has 6 atom stereocenters. The van der Waals surface area contributed by atoms with Crippen LogP contribution in [0.1, 0.15) is 106 Å². The lowest BCUT2D eigenvalue weighted by Crippen LogP contribution is -2.63. The number of carbonyl (C=O) groups is 9. The second-order valence-corrected chi connectivity index (χ2v) is 20.2. The van der Waals surface area contributed by atoms with Crippen molar-refractivity contribution in [1.82, 2.24) is 31.1 Å². The van der Waals surface area contributed by atoms with Crippen LogP contribution in [0, 0.1) is 17.3 Å². The number of nitrogens with one attached hydrogen (secondary N) is 5. The Bertz CT molecular complexity index is 2240. The number of hydrogen-bond acceptors (Lipinski definition) is 11. The van der Waals surface area contributed by atoms with Crippen molar-refractivity contribution in [2.24, 2.45) is 28.7 Å². The third-order valence-corrected chi connectivity index (χ3v) is 12.2. The number of nitrogens with two attached hydrogens (primary N) is 2. The molecular weight excluding hydrogens is 931 g/mol. The van der Waals surface area contributed by atoms with E-state index in [-0.39, 0.29) is 43.4 Å². The molecule has 0 aromatic heterocycles. The summed E-state index contributed by atoms with van der Waals surface area (Å²) in [5.41, 5.74) is 10.9. The Morgan fingerprint density at radius 3 is 1.86 bits per heavy atom. The zero-order valence-electron chi connectivity index (χ0n) is 43.7. The number of primary amides is 1. The van der Waals surface area contributed by atoms with Crippen molar-refractivity contribution in [2.75, 3.05) is 26.0 Å². The minimum Gasteiger partial charge on any atom is -0.481 e. The van der Waals surface area contributed by atoms with Crippen LogP contribution >= 0.6 is 0 Å². The van der Waals surface area contributed by atoms with Gasteiger partial charge < -0.3 is 57.9 Å². The Morgan fingerprint density at radius 1 is 0.750 bits per heavy atom. The number of carboxylic acids is 2. The summed E-state index contributed by atoms with van der Waals surface area (Å²) in [6.07, 6.45) is 0.348. The molecule has 0 saturated carbocycles. The van der Waals surface area contributed by atoms with Gasteiger partial charge in [-0.25, -0.2) is 14.4 Å². The molecule has 398 valence electrons. The number of rotatable bonds is 26. The lowest BCUT2D eigenvalue weighted by atomic mass is 9.76. The summed E-state index contributed by atoms with van der Waals surface area (Å²) in [7, 11) is 2.95. The summed E-state index contributed by atoms with van der Waals surface area (Å²) in [6, 6.07) is 8.31. The predicted molar refractivity (Wildman–Crippen MR) is 271 cm³/mol. The van der Waals surface area contributed by atoms with E-state index in [4.69, 9.17) is 21.3 Å². The lowest BCUT2D eigenvalue weighted by molar-refractivity contribution is -0.142. The monoisotopic (exact) mass is 1010 g/mol. The van der Waals surface area contributed by atoms with Gasteiger partial charge in [-0.1, -0.05) is 111 Å². The van der Waals surface area contributed by atoms with E-state index in [1.165, 1.54) is 36.9 Å². The lowest BCUT2D eigenvalue weighted by Gasteiger charge is -2.42. The zero-order valence-corrected chi connectivity index (χ0v) is 43.7. The second kappa shape index (κ2) is 27.5. The Balaban J connectivity index is 2.38. The van der Waals surface area contributed by atoms with Crippen molar-refractivity contribution in [2.45, 2.75) is 143 Å². The molecule has 0 aliphatic carbocycles. The van der Waals surface area contributed by atoms with Crippen molar-refractivity contribution < 1.29 is 58.1 Å². The highest BCUT2D eigenvalue weighted by Crippen LogP contribution is 2.32. The number of anilines is 1. The molecule has 0 heterocycles. The highest BCUT2D eigenvalue weighted by atomic mass is 16.6. The number of benzene rings is 2. The Morgan fingerprint density at radius 2 is 1.35 bits per heavy atom. The van der Waals surface area contributed by atoms with Gasteiger partial charge in [0.25, 0.3) is 0 Å². The van der Waals surface area contributed by atoms with Crippen LogP contribution in [0.2, 0.25) is 0 Å². The third kappa shape index (κ3) is 18.6. The summed E-state index contributed by atoms with van der Waals surface area (Å²) in [6.45, 7) is 17.5. The number of urea groups is 1. The van der Waals surface area contributed by atoms with E-state index >= 15 is 0 Å². The molecule has 2 aromatic rings. The second-order valence-electron chi connectivity index (χ2n) is 20.2. The molecule has 0 saturated heterocycles. The van der Waals surface area contributed by atoms with E-state index in [1.807, 2.05) is 32.0 Å². The smallest absolute Gasteiger partial charge is 0.410 e. The van der Waals surface area contributed by atoms with Crippen molar-refractivity contribution in [1.29, 1.82) is 0 Å². The van der Waals surface area contributed by atoms with Crippen molar-refractivity contribution in [3.8, 4) is 0 Å². The van der Waals surface area contributed by atoms with E-state index in [0.717, 1.165) is 0 Å². The number of aliphatic carboxylic acids is 2. The van der Waals surface area contributed by atoms with E-state index in [0.29, 0.717) is 23.2 Å². The number of hydrogen-bond donors (Lipinski definition) is 9. The average Bonchev–Trinajstić information content (AvgIpc) is 3.30. The van der Waals surface area contributed by atoms with Gasteiger partial charge in [0.05, 0.1) is 12.1 Å². The van der Waals surface area contributed by atoms with E-state index in [1.54, 1.807) is 84.9 Å². The van der Waals surface area contributed by atoms with Crippen LogP contribution in [0.4, 0.5) is 15.3 Å². The molecule has 72 heavy (non-hydrogen) atoms. The van der Waals surface area contributed by atoms with Crippen LogP contribution in [-0.2, 0) is 50.3 Å². The SMILES string of the molecule is C/C(=C\C(C(C)C)N(C)C(=O)[C@@H](NC(=O)[C@@H](N(C)C(=O)OCc1ccc(NC(=O)[C@H](CCCNC(N)=O)NC(=O)C(N)C(C)C)cc1)C(C)(C)c1ccccc1)C(C)(C)C)C(=O)N[C@H](CCC(=O)O)C(=O)O. The molecule has 2 aromatic carbocycles. The highest BCUT2D eigenvalue weighted by molar-refractivity contribution is 5.98. The Hall–Kier alpha value is -7.03. The molecule has 0 spiro atoms. The fraction of sp³-hybridized carbons (Fsp3) is 0.549. The van der Waals surface area contributed by atoms with Crippen LogP contribution in [0.25, 0.3) is 0 Å². The van der Waals surface area contributed by atoms with Gasteiger partial charge in [0, 0.05) is 43.7 Å². The van der Waals surface area contributed by atoms with Gasteiger partial charge in [-0.15, -0.1) is 0 Å². The summed E-state index contributed by atoms with van der Waals surface area (Å²) < 4.78 is 5.75. The third-order valence-electron chi connectivity index (χ3n) is 12.2. The highest BCUT2D eigenvalue weighted by Gasteiger charge is 2.45. The molecule has 21 heteroatoms. The van der Waals surface area contributed by atoms with Crippen LogP contribution in [0.5, 0.6) is 0 Å². The maximum absolute atomic E-state index is 14.8. The minimum atomic E-state index is -1.46. The molecular formula is C51H77N9O12. The maximum atomic E-state index is 14.8. The first-order valence-corrected chi connectivity index (χ1v) is 23.9. The van der Waals surface area contributed by atoms with Crippen LogP contribution in [0.3, 0.4) is 0 Å². The number of amides is 8. The number of carbonyl (C=O) groups excluding carboxylic acids is 7. The van der Waals surface area contributed by atoms with Gasteiger partial charge in [0.2, 0.25) is 29.5 Å². The first-order valence-electron chi connectivity index (χ1n) is 23.9. The summed E-state index contributed by atoms with van der Waals surface area (Å²) in [5.74, 6) is -6.05. The van der Waals surface area contributed by atoms with Crippen LogP contribution in [-0.4, -0.2) is 131 Å². The summed E-state index contributed by atoms with van der Waals surface area (Å²) in [5, 5.41) is 31.8. The molecule has 2 unspecified atom stereocenters. The molecule has 0 aliphatic heterocycles. The van der Waals surface area contributed by atoms with Gasteiger partial charge >= 0.3 is 24.1 Å². The molecule has 11 N–H and O–H groups in total. The molecule has 0 bridgehead atoms. The first-order chi connectivity index (χ1) is 33.4. The number of ether oxygens (including phenoxy) is 1. The predicted octanol–water partition coefficient (Wildman–Crippen LogP) is 3.85. The molecule has 0 aliphatic rings. The normalized spacial score (nSPS) is 14.3. The summed E-state index contributed by atoms with van der Waals surface area (Å²) in [4.78, 5) is 119. The van der Waals surface area contributed by atoms with Crippen molar-refractivity contribution in [3.05, 3.63) is 77.4 Å². The van der Waals surface area contributed by atoms with Gasteiger partial charge in [0.15, 0.2) is 0 Å². The van der Waals surface area contributed by atoms with Gasteiger partial charge in [0.1, 0.15) is 30.8 Å². The minimum absolute atomic E-state index is 0.0849. The quantitative estimate of drug-likeness (QED) is 0.0478. The van der Waals surface area contributed by atoms with Crippen LogP contribution in [0.15, 0.2) is 66.2 Å². The molecule has 8 amide bonds. The fourth-order valence-electron chi connectivity index (χ4n) is 7.74. The fourth-order valence-corrected chi connectivity index (χ4v) is 7.74. The van der Waals surface area contributed by atoms with Crippen LogP contribution < -0.4 is 38.1 Å². The van der Waals surface area contributed by atoms with Gasteiger partial charge in [-0.05, 0) is 66.7 Å². The zero-order chi connectivity index (χ0) is 54.8. The maximum Gasteiger partial charge on any atom is 0.410 e. The topological polar surface area (TPSA) is 322 Å². The standard InChI is InChI=1S/C51H77N9O12/c1-29(2)37(27-31(5)42(63)57-36(47(68)69)24-25-38(61)62)59(11)46(67)40(50(6,7)8)58-45(66)41(51(9,10)33-17-14-13-15-18-33)60(12)49(71)72-28-32-20-22-34(23-21-32)55-43(64)35(19-16-26-54-48(53)70)56-44(65)39(52)30(3)4/h13-15,17-18,20-23,27,29-30,35-37,39-41H,16,19,24-26,28,52H2,1-12H3,(H,55,64)(H,56,65)(H,57,63)(H,58,66)(H,61,62)(H,68,69)(H3,53,54,70)/b31-27+/t35-,36+,37?,39?,40+,41+/m0/s1. The number of nitrogens with zero attached hydrogens (tertiary/aromatic N) is 2. The van der Waals surface area contributed by atoms with E-state index < -0.39 is 107 Å². The number of likely N-dealkylation sites (N-methyl/N-ethyl adjacent to an activating group) is 2. The first kappa shape index (κ1) is 61.1. The van der Waals surface area contributed by atoms with Gasteiger partial charge in [-0.3, -0.25) is 33.7 Å². The van der Waals surface area contributed by atoms with Crippen molar-refractivity contribution in [3.63, 3.8) is 0 Å². The molecule has 21 nitrogen and oxygen atoms in total. The Labute approximate surface area is 422 Å². The number of carboxylic acid groups (broad SMARTS) is 2. The largest absolute Gasteiger partial charge is 0.481 e. The van der Waals surface area contributed by atoms with Crippen molar-refractivity contribution >= 4 is 59.3 Å². The summed E-state index contributed by atoms with van der Waals surface area (Å²) >= 11 is 0. The van der Waals surface area contributed by atoms with Gasteiger partial charge in [-0.2, -0.15) is 0 Å². The molecule has 0 radical (unpaired) electrons. The molecule has 0 fully saturated rings. The van der Waals surface area contributed by atoms with E-state index in [2.05, 4.69) is 26.6 Å².